The van der Waals surface area contributed by atoms with Gasteiger partial charge in [-0.15, -0.1) is 11.3 Å². The van der Waals surface area contributed by atoms with Crippen LogP contribution >= 0.6 is 11.3 Å². The van der Waals surface area contributed by atoms with E-state index in [1.165, 1.54) is 75.5 Å². The Morgan fingerprint density at radius 3 is 2.55 bits per heavy atom. The first kappa shape index (κ1) is 23.0. The Bertz CT molecular complexity index is 688. The van der Waals surface area contributed by atoms with E-state index in [1.807, 2.05) is 7.05 Å². The zero-order valence-corrected chi connectivity index (χ0v) is 20.1. The van der Waals surface area contributed by atoms with E-state index in [0.717, 1.165) is 44.1 Å². The van der Waals surface area contributed by atoms with Crippen molar-refractivity contribution in [1.82, 2.24) is 25.4 Å². The average molecular weight is 449 g/mol. The van der Waals surface area contributed by atoms with Crippen LogP contribution in [-0.2, 0) is 11.3 Å². The molecule has 0 spiro atoms. The number of ether oxygens (including phenoxy) is 1. The molecule has 3 aliphatic rings. The number of aromatic nitrogens is 1. The van der Waals surface area contributed by atoms with Crippen molar-refractivity contribution in [3.8, 4) is 0 Å². The molecule has 0 bridgehead atoms. The van der Waals surface area contributed by atoms with Crippen LogP contribution in [0.2, 0.25) is 0 Å². The molecule has 1 unspecified atom stereocenters. The summed E-state index contributed by atoms with van der Waals surface area (Å²) in [5.74, 6) is 2.45. The molecular weight excluding hydrogens is 408 g/mol. The molecule has 1 aromatic heterocycles. The Hall–Kier alpha value is -1.22. The highest BCUT2D eigenvalue weighted by molar-refractivity contribution is 7.09. The second-order valence-corrected chi connectivity index (χ2v) is 10.5. The van der Waals surface area contributed by atoms with E-state index in [1.54, 1.807) is 11.3 Å². The van der Waals surface area contributed by atoms with Crippen molar-refractivity contribution in [3.05, 3.63) is 16.1 Å². The Morgan fingerprint density at radius 1 is 1.13 bits per heavy atom. The van der Waals surface area contributed by atoms with E-state index in [4.69, 9.17) is 4.74 Å². The fourth-order valence-corrected chi connectivity index (χ4v) is 5.64. The summed E-state index contributed by atoms with van der Waals surface area (Å²) in [5, 5.41) is 10.6. The summed E-state index contributed by atoms with van der Waals surface area (Å²) in [7, 11) is 1.89. The van der Waals surface area contributed by atoms with Crippen LogP contribution in [0.1, 0.15) is 42.8 Å². The van der Waals surface area contributed by atoms with Crippen LogP contribution in [0, 0.1) is 18.8 Å². The number of nitrogens with zero attached hydrogens (tertiary/aromatic N) is 4. The van der Waals surface area contributed by atoms with Gasteiger partial charge in [0, 0.05) is 57.8 Å². The topological polar surface area (TPSA) is 65.0 Å². The van der Waals surface area contributed by atoms with Gasteiger partial charge < -0.3 is 20.3 Å². The van der Waals surface area contributed by atoms with E-state index in [-0.39, 0.29) is 0 Å². The maximum absolute atomic E-state index is 5.53. The molecule has 3 aliphatic heterocycles. The predicted octanol–water partition coefficient (Wildman–Crippen LogP) is 2.33. The summed E-state index contributed by atoms with van der Waals surface area (Å²) >= 11 is 1.75. The lowest BCUT2D eigenvalue weighted by Crippen LogP contribution is -2.50. The maximum Gasteiger partial charge on any atom is 0.191 e. The number of hydrogen-bond donors (Lipinski definition) is 2. The van der Waals surface area contributed by atoms with Gasteiger partial charge in [0.2, 0.25) is 0 Å². The molecule has 0 amide bonds. The highest BCUT2D eigenvalue weighted by Gasteiger charge is 2.25. The third-order valence-corrected chi connectivity index (χ3v) is 7.83. The number of nitrogens with one attached hydrogen (secondary N) is 2. The highest BCUT2D eigenvalue weighted by atomic mass is 32.1. The lowest BCUT2D eigenvalue weighted by molar-refractivity contribution is 0.150. The molecule has 7 nitrogen and oxygen atoms in total. The zero-order chi connectivity index (χ0) is 21.5. The van der Waals surface area contributed by atoms with Crippen LogP contribution in [0.4, 0.5) is 0 Å². The Morgan fingerprint density at radius 2 is 1.90 bits per heavy atom. The van der Waals surface area contributed by atoms with Gasteiger partial charge in [-0.2, -0.15) is 0 Å². The van der Waals surface area contributed by atoms with E-state index in [9.17, 15) is 0 Å². The van der Waals surface area contributed by atoms with Crippen molar-refractivity contribution in [3.63, 3.8) is 0 Å². The molecule has 174 valence electrons. The summed E-state index contributed by atoms with van der Waals surface area (Å²) in [6, 6.07) is 0.533. The van der Waals surface area contributed by atoms with Gasteiger partial charge in [-0.1, -0.05) is 0 Å². The number of aryl methyl sites for hydroxylation is 1. The fourth-order valence-electron chi connectivity index (χ4n) is 5.04. The lowest BCUT2D eigenvalue weighted by atomic mass is 9.96. The number of thiazole rings is 1. The van der Waals surface area contributed by atoms with Crippen molar-refractivity contribution in [2.24, 2.45) is 16.8 Å². The normalized spacial score (nSPS) is 25.2. The van der Waals surface area contributed by atoms with E-state index in [2.05, 4.69) is 42.7 Å². The molecule has 4 rings (SSSR count). The van der Waals surface area contributed by atoms with Crippen LogP contribution < -0.4 is 10.6 Å². The molecule has 1 aromatic rings. The van der Waals surface area contributed by atoms with Gasteiger partial charge in [-0.05, 0) is 64.0 Å². The third kappa shape index (κ3) is 7.14. The third-order valence-electron chi connectivity index (χ3n) is 7.01. The van der Waals surface area contributed by atoms with Gasteiger partial charge in [0.1, 0.15) is 0 Å². The number of aliphatic imine (C=N–C) groups is 1. The van der Waals surface area contributed by atoms with E-state index >= 15 is 0 Å². The summed E-state index contributed by atoms with van der Waals surface area (Å²) in [4.78, 5) is 14.3. The molecule has 8 heteroatoms. The monoisotopic (exact) mass is 448 g/mol. The minimum absolute atomic E-state index is 0.533. The zero-order valence-electron chi connectivity index (χ0n) is 19.3. The van der Waals surface area contributed by atoms with Crippen LogP contribution in [0.15, 0.2) is 10.4 Å². The molecule has 0 radical (unpaired) electrons. The van der Waals surface area contributed by atoms with Crippen molar-refractivity contribution in [1.29, 1.82) is 0 Å². The summed E-state index contributed by atoms with van der Waals surface area (Å²) in [6.45, 7) is 11.9. The number of hydrogen-bond acceptors (Lipinski definition) is 6. The van der Waals surface area contributed by atoms with E-state index < -0.39 is 0 Å². The molecule has 0 saturated carbocycles. The lowest BCUT2D eigenvalue weighted by Gasteiger charge is -2.35. The fraction of sp³-hybridized carbons (Fsp3) is 0.826. The minimum atomic E-state index is 0.533. The van der Waals surface area contributed by atoms with Gasteiger partial charge in [0.15, 0.2) is 5.96 Å². The van der Waals surface area contributed by atoms with Gasteiger partial charge in [-0.3, -0.25) is 9.89 Å². The van der Waals surface area contributed by atoms with Crippen molar-refractivity contribution < 1.29 is 4.74 Å². The molecule has 4 heterocycles. The molecule has 0 aromatic carbocycles. The summed E-state index contributed by atoms with van der Waals surface area (Å²) < 4.78 is 5.53. The van der Waals surface area contributed by atoms with Crippen LogP contribution in [0.25, 0.3) is 0 Å². The predicted molar refractivity (Wildman–Crippen MR) is 128 cm³/mol. The standard InChI is InChI=1S/C23H40N6OS/c1-18-26-22(17-31-18)15-29-8-3-19(4-9-29)13-25-23(24-2)27-21-5-10-28(11-6-21)14-20-7-12-30-16-20/h17,19-21H,3-16H2,1-2H3,(H2,24,25,27). The van der Waals surface area contributed by atoms with Gasteiger partial charge >= 0.3 is 0 Å². The molecule has 3 saturated heterocycles. The Labute approximate surface area is 191 Å². The van der Waals surface area contributed by atoms with Crippen LogP contribution in [0.5, 0.6) is 0 Å². The second-order valence-electron chi connectivity index (χ2n) is 9.48. The Kier molecular flexibility index (Phi) is 8.58. The number of likely N-dealkylation sites (tertiary alicyclic amines) is 2. The van der Waals surface area contributed by atoms with Crippen LogP contribution in [0.3, 0.4) is 0 Å². The van der Waals surface area contributed by atoms with Gasteiger partial charge in [0.25, 0.3) is 0 Å². The first-order valence-electron chi connectivity index (χ1n) is 12.1. The molecule has 31 heavy (non-hydrogen) atoms. The maximum atomic E-state index is 5.53. The first-order valence-corrected chi connectivity index (χ1v) is 13.0. The molecular formula is C23H40N6OS. The molecule has 3 fully saturated rings. The van der Waals surface area contributed by atoms with Crippen molar-refractivity contribution in [2.75, 3.05) is 59.5 Å². The SMILES string of the molecule is CN=C(NCC1CCN(Cc2csc(C)n2)CC1)NC1CCN(CC2CCOC2)CC1. The minimum Gasteiger partial charge on any atom is -0.381 e. The number of piperidine rings is 2. The van der Waals surface area contributed by atoms with Crippen molar-refractivity contribution >= 4 is 17.3 Å². The average Bonchev–Trinajstić information content (AvgIpc) is 3.45. The quantitative estimate of drug-likeness (QED) is 0.493. The van der Waals surface area contributed by atoms with E-state index in [0.29, 0.717) is 6.04 Å². The summed E-state index contributed by atoms with van der Waals surface area (Å²) in [6.07, 6.45) is 6.12. The molecule has 0 aliphatic carbocycles. The van der Waals surface area contributed by atoms with Gasteiger partial charge in [0.05, 0.1) is 17.3 Å². The highest BCUT2D eigenvalue weighted by Crippen LogP contribution is 2.20. The number of rotatable bonds is 7. The Balaban J connectivity index is 1.10. The number of guanidine groups is 1. The molecule has 2 N–H and O–H groups in total. The largest absolute Gasteiger partial charge is 0.381 e. The smallest absolute Gasteiger partial charge is 0.191 e. The van der Waals surface area contributed by atoms with Gasteiger partial charge in [-0.25, -0.2) is 4.98 Å². The second kappa shape index (κ2) is 11.6. The summed E-state index contributed by atoms with van der Waals surface area (Å²) in [5.41, 5.74) is 1.23. The van der Waals surface area contributed by atoms with Crippen molar-refractivity contribution in [2.45, 2.75) is 51.6 Å². The molecule has 1 atom stereocenters. The van der Waals surface area contributed by atoms with Crippen LogP contribution in [-0.4, -0.2) is 86.3 Å². The first-order chi connectivity index (χ1) is 15.2.